The minimum Gasteiger partial charge on any atom is -0.371 e. The SMILES string of the molecule is CCCC1CCN(c2cc(F)c(C#CC(F)(F)F)c(F)c2)CC1. The fourth-order valence-corrected chi connectivity index (χ4v) is 2.88. The normalized spacial score (nSPS) is 16.2. The quantitative estimate of drug-likeness (QED) is 0.563. The molecule has 1 aromatic carbocycles. The van der Waals surface area contributed by atoms with E-state index in [1.54, 1.807) is 0 Å². The Kier molecular flexibility index (Phi) is 5.51. The second kappa shape index (κ2) is 7.20. The van der Waals surface area contributed by atoms with Crippen molar-refractivity contribution in [3.8, 4) is 11.8 Å². The molecule has 0 unspecified atom stereocenters. The van der Waals surface area contributed by atoms with Gasteiger partial charge in [-0.1, -0.05) is 25.7 Å². The average Bonchev–Trinajstić information content (AvgIpc) is 2.46. The van der Waals surface area contributed by atoms with Gasteiger partial charge in [-0.3, -0.25) is 0 Å². The first kappa shape index (κ1) is 17.6. The van der Waals surface area contributed by atoms with E-state index in [9.17, 15) is 22.0 Å². The minimum atomic E-state index is -4.78. The monoisotopic (exact) mass is 331 g/mol. The van der Waals surface area contributed by atoms with Crippen LogP contribution in [0.2, 0.25) is 0 Å². The van der Waals surface area contributed by atoms with Gasteiger partial charge in [-0.25, -0.2) is 8.78 Å². The van der Waals surface area contributed by atoms with Crippen molar-refractivity contribution in [2.24, 2.45) is 5.92 Å². The van der Waals surface area contributed by atoms with Crippen LogP contribution in [0.5, 0.6) is 0 Å². The van der Waals surface area contributed by atoms with Crippen LogP contribution in [0, 0.1) is 29.4 Å². The molecule has 0 N–H and O–H groups in total. The van der Waals surface area contributed by atoms with Crippen LogP contribution in [-0.2, 0) is 0 Å². The second-order valence-electron chi connectivity index (χ2n) is 5.75. The highest BCUT2D eigenvalue weighted by Gasteiger charge is 2.24. The lowest BCUT2D eigenvalue weighted by Gasteiger charge is -2.33. The summed E-state index contributed by atoms with van der Waals surface area (Å²) < 4.78 is 63.9. The lowest BCUT2D eigenvalue weighted by molar-refractivity contribution is -0.0696. The summed E-state index contributed by atoms with van der Waals surface area (Å²) in [4.78, 5) is 1.86. The predicted molar refractivity (Wildman–Crippen MR) is 79.1 cm³/mol. The van der Waals surface area contributed by atoms with Crippen molar-refractivity contribution in [1.29, 1.82) is 0 Å². The molecule has 1 aliphatic heterocycles. The van der Waals surface area contributed by atoms with E-state index in [-0.39, 0.29) is 0 Å². The van der Waals surface area contributed by atoms with Crippen LogP contribution in [0.4, 0.5) is 27.6 Å². The van der Waals surface area contributed by atoms with Gasteiger partial charge in [-0.15, -0.1) is 0 Å². The van der Waals surface area contributed by atoms with Gasteiger partial charge in [-0.05, 0) is 30.9 Å². The van der Waals surface area contributed by atoms with Crippen molar-refractivity contribution in [2.75, 3.05) is 18.0 Å². The molecule has 126 valence electrons. The smallest absolute Gasteiger partial charge is 0.371 e. The van der Waals surface area contributed by atoms with Crippen molar-refractivity contribution in [1.82, 2.24) is 0 Å². The van der Waals surface area contributed by atoms with E-state index in [4.69, 9.17) is 0 Å². The fraction of sp³-hybridized carbons (Fsp3) is 0.529. The molecule has 0 atom stereocenters. The van der Waals surface area contributed by atoms with Gasteiger partial charge in [-0.2, -0.15) is 13.2 Å². The first-order chi connectivity index (χ1) is 10.8. The van der Waals surface area contributed by atoms with Gasteiger partial charge in [0.1, 0.15) is 11.6 Å². The number of anilines is 1. The van der Waals surface area contributed by atoms with E-state index in [1.165, 1.54) is 5.92 Å². The maximum Gasteiger partial charge on any atom is 0.458 e. The van der Waals surface area contributed by atoms with Crippen molar-refractivity contribution < 1.29 is 22.0 Å². The second-order valence-corrected chi connectivity index (χ2v) is 5.75. The Bertz CT molecular complexity index is 581. The summed E-state index contributed by atoms with van der Waals surface area (Å²) >= 11 is 0. The molecule has 1 aliphatic rings. The van der Waals surface area contributed by atoms with Gasteiger partial charge in [0.2, 0.25) is 0 Å². The number of benzene rings is 1. The maximum atomic E-state index is 13.9. The zero-order valence-electron chi connectivity index (χ0n) is 12.8. The highest BCUT2D eigenvalue weighted by atomic mass is 19.4. The molecule has 1 aromatic rings. The Morgan fingerprint density at radius 1 is 1.13 bits per heavy atom. The number of piperidine rings is 1. The van der Waals surface area contributed by atoms with Crippen LogP contribution in [0.25, 0.3) is 0 Å². The van der Waals surface area contributed by atoms with Gasteiger partial charge in [0.25, 0.3) is 0 Å². The number of nitrogens with zero attached hydrogens (tertiary/aromatic N) is 1. The van der Waals surface area contributed by atoms with Crippen LogP contribution in [0.3, 0.4) is 0 Å². The zero-order valence-corrected chi connectivity index (χ0v) is 12.8. The third kappa shape index (κ3) is 4.85. The van der Waals surface area contributed by atoms with E-state index in [1.807, 2.05) is 4.90 Å². The topological polar surface area (TPSA) is 3.24 Å². The molecule has 6 heteroatoms. The van der Waals surface area contributed by atoms with Gasteiger partial charge in [0, 0.05) is 24.7 Å². The van der Waals surface area contributed by atoms with E-state index in [2.05, 4.69) is 6.92 Å². The van der Waals surface area contributed by atoms with Crippen LogP contribution < -0.4 is 4.90 Å². The Labute approximate surface area is 132 Å². The van der Waals surface area contributed by atoms with Gasteiger partial charge in [0.05, 0.1) is 5.56 Å². The molecule has 0 aromatic heterocycles. The van der Waals surface area contributed by atoms with Crippen molar-refractivity contribution in [2.45, 2.75) is 38.8 Å². The number of alkyl halides is 3. The van der Waals surface area contributed by atoms with Crippen LogP contribution in [-0.4, -0.2) is 19.3 Å². The van der Waals surface area contributed by atoms with Gasteiger partial charge in [0.15, 0.2) is 0 Å². The number of hydrogen-bond acceptors (Lipinski definition) is 1. The van der Waals surface area contributed by atoms with Crippen LogP contribution in [0.1, 0.15) is 38.2 Å². The third-order valence-electron chi connectivity index (χ3n) is 4.03. The summed E-state index contributed by atoms with van der Waals surface area (Å²) in [6, 6.07) is 2.12. The Balaban J connectivity index is 2.15. The summed E-state index contributed by atoms with van der Waals surface area (Å²) in [6.07, 6.45) is -0.624. The van der Waals surface area contributed by atoms with Gasteiger partial charge < -0.3 is 4.90 Å². The molecule has 0 saturated carbocycles. The van der Waals surface area contributed by atoms with Crippen molar-refractivity contribution in [3.05, 3.63) is 29.3 Å². The predicted octanol–water partition coefficient (Wildman–Crippen LogP) is 4.90. The molecule has 0 spiro atoms. The highest BCUT2D eigenvalue weighted by molar-refractivity contribution is 5.52. The van der Waals surface area contributed by atoms with Crippen LogP contribution >= 0.6 is 0 Å². The van der Waals surface area contributed by atoms with Crippen LogP contribution in [0.15, 0.2) is 12.1 Å². The highest BCUT2D eigenvalue weighted by Crippen LogP contribution is 2.28. The number of hydrogen-bond donors (Lipinski definition) is 0. The Morgan fingerprint density at radius 2 is 1.70 bits per heavy atom. The summed E-state index contributed by atoms with van der Waals surface area (Å²) in [5.74, 6) is 0.929. The molecule has 1 heterocycles. The molecule has 23 heavy (non-hydrogen) atoms. The molecule has 1 saturated heterocycles. The first-order valence-corrected chi connectivity index (χ1v) is 7.64. The molecular weight excluding hydrogens is 313 g/mol. The largest absolute Gasteiger partial charge is 0.458 e. The molecule has 2 rings (SSSR count). The van der Waals surface area contributed by atoms with E-state index >= 15 is 0 Å². The molecule has 0 bridgehead atoms. The summed E-state index contributed by atoms with van der Waals surface area (Å²) in [6.45, 7) is 3.51. The van der Waals surface area contributed by atoms with E-state index in [0.29, 0.717) is 24.7 Å². The fourth-order valence-electron chi connectivity index (χ4n) is 2.88. The molecule has 1 fully saturated rings. The maximum absolute atomic E-state index is 13.9. The minimum absolute atomic E-state index is 0.354. The molecular formula is C17H18F5N. The standard InChI is InChI=1S/C17H18F5N/c1-2-3-12-5-8-23(9-6-12)13-10-15(18)14(16(19)11-13)4-7-17(20,21)22/h10-12H,2-3,5-6,8-9H2,1H3. The summed E-state index contributed by atoms with van der Waals surface area (Å²) in [5.41, 5.74) is -0.487. The summed E-state index contributed by atoms with van der Waals surface area (Å²) in [7, 11) is 0. The zero-order chi connectivity index (χ0) is 17.0. The third-order valence-corrected chi connectivity index (χ3v) is 4.03. The molecule has 0 radical (unpaired) electrons. The Hall–Kier alpha value is -1.77. The van der Waals surface area contributed by atoms with E-state index < -0.39 is 23.4 Å². The number of rotatable bonds is 3. The number of halogens is 5. The van der Waals surface area contributed by atoms with Crippen molar-refractivity contribution >= 4 is 5.69 Å². The van der Waals surface area contributed by atoms with E-state index in [0.717, 1.165) is 43.7 Å². The molecule has 0 aliphatic carbocycles. The molecule has 1 nitrogen and oxygen atoms in total. The average molecular weight is 331 g/mol. The van der Waals surface area contributed by atoms with Gasteiger partial charge >= 0.3 is 6.18 Å². The Morgan fingerprint density at radius 3 is 2.17 bits per heavy atom. The lowest BCUT2D eigenvalue weighted by atomic mass is 9.92. The lowest BCUT2D eigenvalue weighted by Crippen LogP contribution is -2.33. The van der Waals surface area contributed by atoms with Crippen molar-refractivity contribution in [3.63, 3.8) is 0 Å². The molecule has 0 amide bonds. The first-order valence-electron chi connectivity index (χ1n) is 7.64. The summed E-state index contributed by atoms with van der Waals surface area (Å²) in [5, 5.41) is 0.